The molecule has 0 aliphatic rings. The van der Waals surface area contributed by atoms with Crippen molar-refractivity contribution in [2.45, 2.75) is 13.2 Å². The first-order valence-electron chi connectivity index (χ1n) is 8.44. The van der Waals surface area contributed by atoms with E-state index in [0.717, 1.165) is 5.56 Å². The molecule has 134 valence electrons. The second-order valence-corrected chi connectivity index (χ2v) is 5.74. The molecule has 0 bridgehead atoms. The van der Waals surface area contributed by atoms with Gasteiger partial charge in [-0.1, -0.05) is 48.5 Å². The molecule has 1 N–H and O–H groups in total. The van der Waals surface area contributed by atoms with Crippen LogP contribution in [0.15, 0.2) is 83.0 Å². The summed E-state index contributed by atoms with van der Waals surface area (Å²) in [4.78, 5) is 12.3. The van der Waals surface area contributed by atoms with Crippen LogP contribution in [0.2, 0.25) is 0 Å². The summed E-state index contributed by atoms with van der Waals surface area (Å²) >= 11 is 0. The summed E-state index contributed by atoms with van der Waals surface area (Å²) in [5, 5.41) is 12.0. The van der Waals surface area contributed by atoms with Crippen molar-refractivity contribution in [1.82, 2.24) is 5.32 Å². The van der Waals surface area contributed by atoms with Gasteiger partial charge in [-0.15, -0.1) is 0 Å². The van der Waals surface area contributed by atoms with Crippen LogP contribution in [0, 0.1) is 11.3 Å². The number of benzene rings is 2. The van der Waals surface area contributed by atoms with Crippen molar-refractivity contribution < 1.29 is 13.9 Å². The molecule has 0 aliphatic carbocycles. The number of carbonyl (C=O) groups is 1. The Morgan fingerprint density at radius 2 is 1.85 bits per heavy atom. The Balaban J connectivity index is 1.71. The van der Waals surface area contributed by atoms with Crippen molar-refractivity contribution >= 4 is 12.0 Å². The first-order chi connectivity index (χ1) is 13.3. The summed E-state index contributed by atoms with van der Waals surface area (Å²) in [6, 6.07) is 22.5. The van der Waals surface area contributed by atoms with Gasteiger partial charge in [-0.05, 0) is 29.8 Å². The molecule has 0 spiro atoms. The van der Waals surface area contributed by atoms with Gasteiger partial charge in [0.15, 0.2) is 0 Å². The summed E-state index contributed by atoms with van der Waals surface area (Å²) in [5.41, 5.74) is 1.70. The predicted molar refractivity (Wildman–Crippen MR) is 101 cm³/mol. The molecule has 0 fully saturated rings. The summed E-state index contributed by atoms with van der Waals surface area (Å²) < 4.78 is 11.0. The molecule has 3 aromatic rings. The van der Waals surface area contributed by atoms with E-state index in [9.17, 15) is 10.1 Å². The topological polar surface area (TPSA) is 75.3 Å². The summed E-state index contributed by atoms with van der Waals surface area (Å²) in [6.07, 6.45) is 3.06. The predicted octanol–water partition coefficient (Wildman–Crippen LogP) is 4.08. The molecule has 1 aromatic heterocycles. The molecule has 27 heavy (non-hydrogen) atoms. The number of hydrogen-bond acceptors (Lipinski definition) is 4. The van der Waals surface area contributed by atoms with Gasteiger partial charge >= 0.3 is 0 Å². The zero-order chi connectivity index (χ0) is 18.9. The van der Waals surface area contributed by atoms with Crippen LogP contribution < -0.4 is 10.1 Å². The minimum Gasteiger partial charge on any atom is -0.488 e. The molecule has 0 radical (unpaired) electrons. The van der Waals surface area contributed by atoms with E-state index in [0.29, 0.717) is 23.7 Å². The maximum Gasteiger partial charge on any atom is 0.262 e. The number of carbonyl (C=O) groups excluding carboxylic acids is 1. The van der Waals surface area contributed by atoms with Gasteiger partial charge < -0.3 is 14.5 Å². The second-order valence-electron chi connectivity index (χ2n) is 5.74. The lowest BCUT2D eigenvalue weighted by molar-refractivity contribution is -0.117. The van der Waals surface area contributed by atoms with Gasteiger partial charge in [0.1, 0.15) is 29.8 Å². The fraction of sp³-hybridized carbons (Fsp3) is 0.0909. The average molecular weight is 358 g/mol. The Hall–Kier alpha value is -3.78. The van der Waals surface area contributed by atoms with Crippen molar-refractivity contribution in [2.24, 2.45) is 0 Å². The number of hydrogen-bond donors (Lipinski definition) is 1. The Bertz CT molecular complexity index is 955. The number of para-hydroxylation sites is 1. The van der Waals surface area contributed by atoms with Crippen molar-refractivity contribution in [3.8, 4) is 11.8 Å². The number of furan rings is 1. The normalized spacial score (nSPS) is 10.9. The van der Waals surface area contributed by atoms with E-state index in [2.05, 4.69) is 5.32 Å². The summed E-state index contributed by atoms with van der Waals surface area (Å²) in [5.74, 6) is 0.756. The minimum absolute atomic E-state index is 0.00248. The molecule has 0 aliphatic heterocycles. The van der Waals surface area contributed by atoms with Gasteiger partial charge in [-0.3, -0.25) is 4.79 Å². The van der Waals surface area contributed by atoms with Gasteiger partial charge in [0.2, 0.25) is 0 Å². The third-order valence-corrected chi connectivity index (χ3v) is 3.82. The van der Waals surface area contributed by atoms with E-state index in [1.165, 1.54) is 12.3 Å². The molecule has 0 unspecified atom stereocenters. The van der Waals surface area contributed by atoms with Crippen LogP contribution in [0.5, 0.6) is 5.75 Å². The first kappa shape index (κ1) is 18.0. The highest BCUT2D eigenvalue weighted by molar-refractivity contribution is 6.01. The number of nitrogens with one attached hydrogen (secondary N) is 1. The summed E-state index contributed by atoms with van der Waals surface area (Å²) in [6.45, 7) is 0.620. The van der Waals surface area contributed by atoms with Crippen molar-refractivity contribution in [3.05, 3.63) is 95.5 Å². The van der Waals surface area contributed by atoms with Crippen molar-refractivity contribution in [1.29, 1.82) is 5.26 Å². The first-order valence-corrected chi connectivity index (χ1v) is 8.44. The lowest BCUT2D eigenvalue weighted by atomic mass is 10.1. The molecule has 3 rings (SSSR count). The molecule has 2 aromatic carbocycles. The molecule has 1 amide bonds. The molecule has 0 saturated carbocycles. The third kappa shape index (κ3) is 5.10. The molecule has 5 heteroatoms. The van der Waals surface area contributed by atoms with Crippen LogP contribution in [-0.2, 0) is 17.9 Å². The Labute approximate surface area is 157 Å². The number of amides is 1. The van der Waals surface area contributed by atoms with Crippen LogP contribution in [0.4, 0.5) is 0 Å². The Morgan fingerprint density at radius 1 is 1.07 bits per heavy atom. The van der Waals surface area contributed by atoms with Gasteiger partial charge in [-0.2, -0.15) is 5.26 Å². The summed E-state index contributed by atoms with van der Waals surface area (Å²) in [7, 11) is 0. The van der Waals surface area contributed by atoms with Gasteiger partial charge in [0.25, 0.3) is 5.91 Å². The highest BCUT2D eigenvalue weighted by atomic mass is 16.5. The van der Waals surface area contributed by atoms with E-state index in [-0.39, 0.29) is 12.1 Å². The minimum atomic E-state index is -0.466. The third-order valence-electron chi connectivity index (χ3n) is 3.82. The molecule has 0 saturated heterocycles. The molecule has 1 heterocycles. The van der Waals surface area contributed by atoms with E-state index in [4.69, 9.17) is 9.15 Å². The standard InChI is InChI=1S/C22H18N2O3/c23-14-19(22(25)24-15-20-10-6-12-26-20)13-18-9-4-5-11-21(18)27-16-17-7-2-1-3-8-17/h1-13H,15-16H2,(H,24,25)/b19-13+. The van der Waals surface area contributed by atoms with Crippen LogP contribution >= 0.6 is 0 Å². The van der Waals surface area contributed by atoms with Crippen molar-refractivity contribution in [2.75, 3.05) is 0 Å². The monoisotopic (exact) mass is 358 g/mol. The number of nitrogens with zero attached hydrogens (tertiary/aromatic N) is 1. The maximum atomic E-state index is 12.3. The van der Waals surface area contributed by atoms with E-state index in [1.54, 1.807) is 18.2 Å². The van der Waals surface area contributed by atoms with E-state index >= 15 is 0 Å². The molecule has 5 nitrogen and oxygen atoms in total. The second kappa shape index (κ2) is 9.07. The van der Waals surface area contributed by atoms with Crippen LogP contribution in [0.3, 0.4) is 0 Å². The molecule has 0 atom stereocenters. The van der Waals surface area contributed by atoms with Crippen LogP contribution in [0.25, 0.3) is 6.08 Å². The smallest absolute Gasteiger partial charge is 0.262 e. The lowest BCUT2D eigenvalue weighted by Crippen LogP contribution is -2.23. The number of ether oxygens (including phenoxy) is 1. The van der Waals surface area contributed by atoms with Gasteiger partial charge in [-0.25, -0.2) is 0 Å². The Kier molecular flexibility index (Phi) is 6.05. The fourth-order valence-electron chi connectivity index (χ4n) is 2.45. The number of rotatable bonds is 7. The van der Waals surface area contributed by atoms with Crippen LogP contribution in [0.1, 0.15) is 16.9 Å². The van der Waals surface area contributed by atoms with Crippen LogP contribution in [-0.4, -0.2) is 5.91 Å². The van der Waals surface area contributed by atoms with E-state index in [1.807, 2.05) is 54.6 Å². The van der Waals surface area contributed by atoms with Crippen molar-refractivity contribution in [3.63, 3.8) is 0 Å². The van der Waals surface area contributed by atoms with Gasteiger partial charge in [0, 0.05) is 5.56 Å². The largest absolute Gasteiger partial charge is 0.488 e. The maximum absolute atomic E-state index is 12.3. The quantitative estimate of drug-likeness (QED) is 0.510. The Morgan fingerprint density at radius 3 is 2.59 bits per heavy atom. The average Bonchev–Trinajstić information content (AvgIpc) is 3.24. The zero-order valence-electron chi connectivity index (χ0n) is 14.6. The SMILES string of the molecule is N#C/C(=C\c1ccccc1OCc1ccccc1)C(=O)NCc1ccco1. The van der Waals surface area contributed by atoms with E-state index < -0.39 is 5.91 Å². The highest BCUT2D eigenvalue weighted by Gasteiger charge is 2.11. The fourth-order valence-corrected chi connectivity index (χ4v) is 2.45. The number of nitriles is 1. The molecular weight excluding hydrogens is 340 g/mol. The zero-order valence-corrected chi connectivity index (χ0v) is 14.6. The van der Waals surface area contributed by atoms with Gasteiger partial charge in [0.05, 0.1) is 12.8 Å². The molecular formula is C22H18N2O3. The lowest BCUT2D eigenvalue weighted by Gasteiger charge is -2.10. The highest BCUT2D eigenvalue weighted by Crippen LogP contribution is 2.22.